The van der Waals surface area contributed by atoms with Crippen LogP contribution in [0.4, 0.5) is 0 Å². The molecule has 5 heteroatoms. The van der Waals surface area contributed by atoms with Crippen molar-refractivity contribution in [2.75, 3.05) is 7.11 Å². The fraction of sp³-hybridized carbons (Fsp3) is 1.00. The zero-order valence-electron chi connectivity index (χ0n) is 7.42. The van der Waals surface area contributed by atoms with Crippen LogP contribution in [-0.4, -0.2) is 62.1 Å². The van der Waals surface area contributed by atoms with E-state index in [1.165, 1.54) is 0 Å². The van der Waals surface area contributed by atoms with Crippen LogP contribution in [0.5, 0.6) is 0 Å². The summed E-state index contributed by atoms with van der Waals surface area (Å²) in [4.78, 5) is 0. The van der Waals surface area contributed by atoms with Crippen LogP contribution in [0.1, 0.15) is 13.8 Å². The van der Waals surface area contributed by atoms with Crippen molar-refractivity contribution in [2.45, 2.75) is 13.3 Å². The molecule has 0 N–H and O–H groups in total. The van der Waals surface area contributed by atoms with E-state index in [9.17, 15) is 4.57 Å². The minimum absolute atomic E-state index is 0.246. The quantitative estimate of drug-likeness (QED) is 0.606. The average Bonchev–Trinajstić information content (AvgIpc) is 1.85. The molecule has 52 valence electrons. The Morgan fingerprint density at radius 3 is 2.00 bits per heavy atom. The molecular weight excluding hydrogens is 434 g/mol. The summed E-state index contributed by atoms with van der Waals surface area (Å²) >= 11 is 0.936. The molecule has 2 atom stereocenters. The number of rotatable bonds is 3. The summed E-state index contributed by atoms with van der Waals surface area (Å²) in [5.41, 5.74) is 0.246. The molecule has 0 aliphatic carbocycles. The van der Waals surface area contributed by atoms with Gasteiger partial charge >= 0.3 is 135 Å². The molecular formula is C5H12O2PRaRb. The van der Waals surface area contributed by atoms with Gasteiger partial charge in [-0.2, -0.15) is 0 Å². The van der Waals surface area contributed by atoms with Gasteiger partial charge in [0.05, 0.1) is 0 Å². The molecule has 0 aromatic heterocycles. The van der Waals surface area contributed by atoms with Gasteiger partial charge in [-0.3, -0.25) is 0 Å². The summed E-state index contributed by atoms with van der Waals surface area (Å²) in [6.07, 6.45) is 0. The van der Waals surface area contributed by atoms with Gasteiger partial charge in [0, 0.05) is 0 Å². The minimum atomic E-state index is -2.15. The Kier molecular flexibility index (Phi) is 8.13. The van der Waals surface area contributed by atoms with E-state index in [0.29, 0.717) is 92.1 Å². The second kappa shape index (κ2) is 6.04. The summed E-state index contributed by atoms with van der Waals surface area (Å²) in [6.45, 7) is 4.01. The number of hydrogen-bond donors (Lipinski definition) is 0. The van der Waals surface area contributed by atoms with E-state index < -0.39 is 7.37 Å². The fourth-order valence-corrected chi connectivity index (χ4v) is 19.0. The van der Waals surface area contributed by atoms with Crippen molar-refractivity contribution in [3.05, 3.63) is 0 Å². The Labute approximate surface area is 131 Å². The van der Waals surface area contributed by atoms with Gasteiger partial charge in [0.1, 0.15) is 0 Å². The summed E-state index contributed by atoms with van der Waals surface area (Å²) in [5.74, 6) is 0. The molecule has 0 rings (SSSR count). The molecule has 0 amide bonds. The molecule has 0 fully saturated rings. The molecule has 10 heavy (non-hydrogen) atoms. The molecule has 0 aliphatic rings. The van der Waals surface area contributed by atoms with E-state index in [1.807, 2.05) is 13.8 Å². The van der Waals surface area contributed by atoms with Crippen LogP contribution in [0.2, 0.25) is 0 Å². The summed E-state index contributed by atoms with van der Waals surface area (Å²) < 4.78 is 17.6. The van der Waals surface area contributed by atoms with Crippen LogP contribution >= 0.6 is 7.37 Å². The van der Waals surface area contributed by atoms with Crippen molar-refractivity contribution in [3.8, 4) is 0 Å². The van der Waals surface area contributed by atoms with E-state index >= 15 is 0 Å². The molecule has 2 unspecified atom stereocenters. The topological polar surface area (TPSA) is 26.3 Å². The molecule has 0 saturated carbocycles. The zero-order chi connectivity index (χ0) is 8.36. The maximum absolute atomic E-state index is 11.9. The molecule has 0 aromatic carbocycles. The van der Waals surface area contributed by atoms with Crippen molar-refractivity contribution in [1.82, 2.24) is 0 Å². The van der Waals surface area contributed by atoms with Crippen molar-refractivity contribution in [3.63, 3.8) is 0 Å². The number of hydrogen-bond acceptors (Lipinski definition) is 2. The molecule has 0 saturated heterocycles. The fourth-order valence-electron chi connectivity index (χ4n) is 1.02. The van der Waals surface area contributed by atoms with Crippen molar-refractivity contribution < 1.29 is 51.9 Å². The average molecular weight is 447 g/mol. The Bertz CT molecular complexity index is 137. The van der Waals surface area contributed by atoms with Crippen LogP contribution < -0.4 is 0 Å². The third-order valence-electron chi connectivity index (χ3n) is 1.72. The molecule has 0 radical (unpaired) electrons. The van der Waals surface area contributed by atoms with Crippen molar-refractivity contribution >= 4 is 62.9 Å². The predicted octanol–water partition coefficient (Wildman–Crippen LogP) is 1.05. The first-order chi connectivity index (χ1) is 4.45. The van der Waals surface area contributed by atoms with E-state index in [2.05, 4.69) is 0 Å². The first-order valence-electron chi connectivity index (χ1n) is 3.60. The van der Waals surface area contributed by atoms with E-state index in [4.69, 9.17) is 4.52 Å². The van der Waals surface area contributed by atoms with Crippen LogP contribution in [0.25, 0.3) is 0 Å². The Morgan fingerprint density at radius 1 is 1.60 bits per heavy atom. The SMILES string of the molecule is COP(=O)(C(C)C)[CH]([Rb])[RaH]. The zero-order valence-corrected chi connectivity index (χ0v) is 21.4. The molecule has 2 nitrogen and oxygen atoms in total. The van der Waals surface area contributed by atoms with Gasteiger partial charge in [-0.25, -0.2) is 0 Å². The third-order valence-corrected chi connectivity index (χ3v) is 19.4. The molecule has 0 aliphatic heterocycles. The second-order valence-electron chi connectivity index (χ2n) is 3.02. The van der Waals surface area contributed by atoms with Crippen LogP contribution in [0.15, 0.2) is 0 Å². The normalized spacial score (nSPS) is 20.5. The Morgan fingerprint density at radius 2 is 2.00 bits per heavy atom. The molecule has 0 aromatic rings. The van der Waals surface area contributed by atoms with Gasteiger partial charge in [-0.05, 0) is 0 Å². The van der Waals surface area contributed by atoms with E-state index in [1.54, 1.807) is 7.11 Å². The van der Waals surface area contributed by atoms with Gasteiger partial charge in [0.25, 0.3) is 0 Å². The van der Waals surface area contributed by atoms with Crippen molar-refractivity contribution in [2.24, 2.45) is 0 Å². The van der Waals surface area contributed by atoms with Gasteiger partial charge in [-0.15, -0.1) is 0 Å². The van der Waals surface area contributed by atoms with Crippen LogP contribution in [-0.2, 0) is 9.09 Å². The second-order valence-corrected chi connectivity index (χ2v) is 47.8. The van der Waals surface area contributed by atoms with Gasteiger partial charge < -0.3 is 0 Å². The summed E-state index contributed by atoms with van der Waals surface area (Å²) in [5, 5.41) is 0. The van der Waals surface area contributed by atoms with E-state index in [0.717, 1.165) is 0 Å². The Balaban J connectivity index is 4.40. The summed E-state index contributed by atoms with van der Waals surface area (Å²) in [7, 11) is -0.550. The summed E-state index contributed by atoms with van der Waals surface area (Å²) in [6, 6.07) is 0. The van der Waals surface area contributed by atoms with Gasteiger partial charge in [0.15, 0.2) is 0 Å². The van der Waals surface area contributed by atoms with E-state index in [-0.39, 0.29) is 5.66 Å². The third kappa shape index (κ3) is 3.68. The monoisotopic (exact) mass is 446 g/mol. The van der Waals surface area contributed by atoms with Crippen molar-refractivity contribution in [1.29, 1.82) is 0 Å². The molecule has 0 bridgehead atoms. The van der Waals surface area contributed by atoms with Gasteiger partial charge in [-0.1, -0.05) is 0 Å². The van der Waals surface area contributed by atoms with Gasteiger partial charge in [0.2, 0.25) is 0 Å². The molecule has 0 heterocycles. The first-order valence-corrected chi connectivity index (χ1v) is 12.9. The maximum atomic E-state index is 11.9. The molecule has 0 spiro atoms. The Hall–Kier alpha value is 3.46. The van der Waals surface area contributed by atoms with Crippen LogP contribution in [0.3, 0.4) is 0 Å². The first kappa shape index (κ1) is 13.5. The van der Waals surface area contributed by atoms with Crippen LogP contribution in [0, 0.1) is 42.8 Å². The standard InChI is InChI=1S/C5H11O2P.Ra.Rb.H/c1-5(2)8(4,6)7-3;;;/h4-5H,1-3H3;;;. The predicted molar refractivity (Wildman–Crippen MR) is 40.7 cm³/mol.